The molecule has 0 radical (unpaired) electrons. The molecular weight excluding hydrogens is 233 g/mol. The van der Waals surface area contributed by atoms with E-state index in [0.717, 1.165) is 12.1 Å². The van der Waals surface area contributed by atoms with Crippen LogP contribution in [0.25, 0.3) is 11.0 Å². The molecular formula is C11H9F3N2O. The number of imidazole rings is 1. The summed E-state index contributed by atoms with van der Waals surface area (Å²) in [4.78, 5) is 4.14. The highest BCUT2D eigenvalue weighted by atomic mass is 19.4. The van der Waals surface area contributed by atoms with Crippen LogP contribution in [0.5, 0.6) is 0 Å². The molecule has 90 valence electrons. The van der Waals surface area contributed by atoms with E-state index in [0.29, 0.717) is 29.8 Å². The highest BCUT2D eigenvalue weighted by Crippen LogP contribution is 2.34. The first-order valence-electron chi connectivity index (χ1n) is 5.22. The van der Waals surface area contributed by atoms with E-state index in [1.54, 1.807) is 4.57 Å². The van der Waals surface area contributed by atoms with Crippen molar-refractivity contribution in [2.45, 2.75) is 25.2 Å². The first kappa shape index (κ1) is 10.6. The summed E-state index contributed by atoms with van der Waals surface area (Å²) in [6.45, 7) is 0.508. The Morgan fingerprint density at radius 1 is 1.35 bits per heavy atom. The van der Waals surface area contributed by atoms with Gasteiger partial charge in [-0.05, 0) is 24.6 Å². The van der Waals surface area contributed by atoms with Gasteiger partial charge in [-0.1, -0.05) is 0 Å². The molecule has 1 aromatic heterocycles. The maximum Gasteiger partial charge on any atom is 0.416 e. The number of nitrogens with zero attached hydrogens (tertiary/aromatic N) is 2. The molecule has 1 aliphatic heterocycles. The highest BCUT2D eigenvalue weighted by Gasteiger charge is 2.32. The van der Waals surface area contributed by atoms with Crippen LogP contribution in [0.4, 0.5) is 13.2 Å². The van der Waals surface area contributed by atoms with Crippen LogP contribution in [0, 0.1) is 0 Å². The summed E-state index contributed by atoms with van der Waals surface area (Å²) in [6.07, 6.45) is -4.51. The van der Waals surface area contributed by atoms with E-state index in [2.05, 4.69) is 4.98 Å². The van der Waals surface area contributed by atoms with Crippen LogP contribution < -0.4 is 0 Å². The lowest BCUT2D eigenvalue weighted by Gasteiger charge is -2.06. The number of fused-ring (bicyclic) bond motifs is 3. The Morgan fingerprint density at radius 3 is 2.82 bits per heavy atom. The maximum atomic E-state index is 12.6. The number of benzene rings is 1. The SMILES string of the molecule is OC1CCn2c1nc1ccc(C(F)(F)F)cc12. The predicted octanol–water partition coefficient (Wildman–Crippen LogP) is 2.49. The molecule has 2 heterocycles. The molecule has 6 heteroatoms. The Balaban J connectivity index is 2.23. The van der Waals surface area contributed by atoms with Crippen molar-refractivity contribution in [3.63, 3.8) is 0 Å². The number of aryl methyl sites for hydroxylation is 1. The summed E-state index contributed by atoms with van der Waals surface area (Å²) in [6, 6.07) is 3.44. The van der Waals surface area contributed by atoms with Gasteiger partial charge in [0.2, 0.25) is 0 Å². The molecule has 1 N–H and O–H groups in total. The average molecular weight is 242 g/mol. The van der Waals surface area contributed by atoms with E-state index in [1.165, 1.54) is 6.07 Å². The molecule has 0 bridgehead atoms. The first-order valence-corrected chi connectivity index (χ1v) is 5.22. The first-order chi connectivity index (χ1) is 7.97. The van der Waals surface area contributed by atoms with Gasteiger partial charge in [0.05, 0.1) is 16.6 Å². The van der Waals surface area contributed by atoms with Gasteiger partial charge in [0.1, 0.15) is 11.9 Å². The zero-order chi connectivity index (χ0) is 12.2. The van der Waals surface area contributed by atoms with E-state index in [9.17, 15) is 18.3 Å². The number of aromatic nitrogens is 2. The van der Waals surface area contributed by atoms with Gasteiger partial charge in [0.25, 0.3) is 0 Å². The fourth-order valence-corrected chi connectivity index (χ4v) is 2.19. The smallest absolute Gasteiger partial charge is 0.385 e. The largest absolute Gasteiger partial charge is 0.416 e. The van der Waals surface area contributed by atoms with Crippen LogP contribution in [0.15, 0.2) is 18.2 Å². The van der Waals surface area contributed by atoms with Crippen molar-refractivity contribution in [2.75, 3.05) is 0 Å². The number of aliphatic hydroxyl groups excluding tert-OH is 1. The van der Waals surface area contributed by atoms with Crippen LogP contribution in [-0.2, 0) is 12.7 Å². The summed E-state index contributed by atoms with van der Waals surface area (Å²) in [7, 11) is 0. The van der Waals surface area contributed by atoms with Gasteiger partial charge in [-0.15, -0.1) is 0 Å². The van der Waals surface area contributed by atoms with Crippen molar-refractivity contribution >= 4 is 11.0 Å². The lowest BCUT2D eigenvalue weighted by molar-refractivity contribution is -0.137. The third-order valence-corrected chi connectivity index (χ3v) is 3.03. The molecule has 0 saturated carbocycles. The summed E-state index contributed by atoms with van der Waals surface area (Å²) in [5.74, 6) is 0.458. The minimum Gasteiger partial charge on any atom is -0.385 e. The van der Waals surface area contributed by atoms with Crippen molar-refractivity contribution in [3.05, 3.63) is 29.6 Å². The fourth-order valence-electron chi connectivity index (χ4n) is 2.19. The van der Waals surface area contributed by atoms with Crippen molar-refractivity contribution < 1.29 is 18.3 Å². The van der Waals surface area contributed by atoms with E-state index >= 15 is 0 Å². The van der Waals surface area contributed by atoms with E-state index < -0.39 is 17.8 Å². The topological polar surface area (TPSA) is 38.0 Å². The molecule has 1 aromatic carbocycles. The van der Waals surface area contributed by atoms with Crippen LogP contribution in [0.3, 0.4) is 0 Å². The Kier molecular flexibility index (Phi) is 2.01. The number of hydrogen-bond donors (Lipinski definition) is 1. The third-order valence-electron chi connectivity index (χ3n) is 3.03. The molecule has 1 atom stereocenters. The number of alkyl halides is 3. The van der Waals surface area contributed by atoms with Gasteiger partial charge in [0, 0.05) is 6.54 Å². The van der Waals surface area contributed by atoms with Gasteiger partial charge in [-0.3, -0.25) is 0 Å². The molecule has 3 nitrogen and oxygen atoms in total. The standard InChI is InChI=1S/C11H9F3N2O/c12-11(13,14)6-1-2-7-8(5-6)16-4-3-9(17)10(16)15-7/h1-2,5,9,17H,3-4H2. The normalized spacial score (nSPS) is 19.9. The molecule has 2 aromatic rings. The van der Waals surface area contributed by atoms with Crippen LogP contribution >= 0.6 is 0 Å². The Bertz CT molecular complexity index is 588. The van der Waals surface area contributed by atoms with Gasteiger partial charge in [0.15, 0.2) is 0 Å². The quantitative estimate of drug-likeness (QED) is 0.770. The maximum absolute atomic E-state index is 12.6. The van der Waals surface area contributed by atoms with Crippen molar-refractivity contribution in [3.8, 4) is 0 Å². The minimum absolute atomic E-state index is 0.436. The second-order valence-electron chi connectivity index (χ2n) is 4.13. The van der Waals surface area contributed by atoms with Crippen molar-refractivity contribution in [1.29, 1.82) is 0 Å². The monoisotopic (exact) mass is 242 g/mol. The zero-order valence-corrected chi connectivity index (χ0v) is 8.70. The molecule has 0 saturated heterocycles. The molecule has 1 unspecified atom stereocenters. The Hall–Kier alpha value is -1.56. The summed E-state index contributed by atoms with van der Waals surface area (Å²) >= 11 is 0. The lowest BCUT2D eigenvalue weighted by Crippen LogP contribution is -2.04. The van der Waals surface area contributed by atoms with Crippen LogP contribution in [0.2, 0.25) is 0 Å². The number of aliphatic hydroxyl groups is 1. The molecule has 0 amide bonds. The predicted molar refractivity (Wildman–Crippen MR) is 54.3 cm³/mol. The van der Waals surface area contributed by atoms with E-state index in [1.807, 2.05) is 0 Å². The van der Waals surface area contributed by atoms with Gasteiger partial charge >= 0.3 is 6.18 Å². The molecule has 17 heavy (non-hydrogen) atoms. The highest BCUT2D eigenvalue weighted by molar-refractivity contribution is 5.77. The van der Waals surface area contributed by atoms with Crippen LogP contribution in [-0.4, -0.2) is 14.7 Å². The van der Waals surface area contributed by atoms with E-state index in [4.69, 9.17) is 0 Å². The van der Waals surface area contributed by atoms with Crippen molar-refractivity contribution in [1.82, 2.24) is 9.55 Å². The van der Waals surface area contributed by atoms with Crippen molar-refractivity contribution in [2.24, 2.45) is 0 Å². The Labute approximate surface area is 94.5 Å². The second-order valence-corrected chi connectivity index (χ2v) is 4.13. The molecule has 0 spiro atoms. The molecule has 1 aliphatic rings. The van der Waals surface area contributed by atoms with Crippen LogP contribution in [0.1, 0.15) is 23.9 Å². The van der Waals surface area contributed by atoms with Gasteiger partial charge in [-0.2, -0.15) is 13.2 Å². The van der Waals surface area contributed by atoms with Gasteiger partial charge in [-0.25, -0.2) is 4.98 Å². The second kappa shape index (κ2) is 3.22. The Morgan fingerprint density at radius 2 is 2.12 bits per heavy atom. The van der Waals surface area contributed by atoms with Gasteiger partial charge < -0.3 is 9.67 Å². The summed E-state index contributed by atoms with van der Waals surface area (Å²) in [5, 5.41) is 9.61. The number of hydrogen-bond acceptors (Lipinski definition) is 2. The number of halogens is 3. The molecule has 3 rings (SSSR count). The number of rotatable bonds is 0. The third kappa shape index (κ3) is 1.51. The average Bonchev–Trinajstić information content (AvgIpc) is 2.77. The summed E-state index contributed by atoms with van der Waals surface area (Å²) in [5.41, 5.74) is 0.243. The fraction of sp³-hybridized carbons (Fsp3) is 0.364. The molecule has 0 fully saturated rings. The minimum atomic E-state index is -4.35. The lowest BCUT2D eigenvalue weighted by atomic mass is 10.2. The van der Waals surface area contributed by atoms with E-state index in [-0.39, 0.29) is 0 Å². The summed E-state index contributed by atoms with van der Waals surface area (Å²) < 4.78 is 39.4. The zero-order valence-electron chi connectivity index (χ0n) is 8.70. The molecule has 0 aliphatic carbocycles.